The van der Waals surface area contributed by atoms with E-state index in [1.165, 1.54) is 27.8 Å². The molecule has 0 aromatic heterocycles. The summed E-state index contributed by atoms with van der Waals surface area (Å²) >= 11 is 0. The van der Waals surface area contributed by atoms with Gasteiger partial charge in [0, 0.05) is 5.56 Å². The van der Waals surface area contributed by atoms with E-state index in [0.29, 0.717) is 0 Å². The van der Waals surface area contributed by atoms with Crippen LogP contribution in [0.4, 0.5) is 0 Å². The van der Waals surface area contributed by atoms with E-state index in [4.69, 9.17) is 0 Å². The monoisotopic (exact) mass is 238 g/mol. The third-order valence-electron chi connectivity index (χ3n) is 3.34. The molecule has 0 amide bonds. The number of aldehydes is 1. The Morgan fingerprint density at radius 2 is 1.50 bits per heavy atom. The second kappa shape index (κ2) is 5.18. The van der Waals surface area contributed by atoms with Crippen molar-refractivity contribution in [3.05, 3.63) is 69.8 Å². The second-order valence-corrected chi connectivity index (χ2v) is 4.91. The first-order valence-electron chi connectivity index (χ1n) is 6.21. The predicted octanol–water partition coefficient (Wildman–Crippen LogP) is 4.02. The largest absolute Gasteiger partial charge is 0.298 e. The Morgan fingerprint density at radius 3 is 2.00 bits per heavy atom. The van der Waals surface area contributed by atoms with Crippen LogP contribution in [0.2, 0.25) is 0 Å². The number of carbonyl (C=O) groups is 1. The van der Waals surface area contributed by atoms with Gasteiger partial charge < -0.3 is 0 Å². The number of benzene rings is 2. The van der Waals surface area contributed by atoms with Gasteiger partial charge >= 0.3 is 0 Å². The van der Waals surface area contributed by atoms with Crippen molar-refractivity contribution in [3.63, 3.8) is 0 Å². The van der Waals surface area contributed by atoms with E-state index in [9.17, 15) is 4.79 Å². The maximum Gasteiger partial charge on any atom is 0.150 e. The zero-order valence-corrected chi connectivity index (χ0v) is 11.2. The number of rotatable bonds is 3. The van der Waals surface area contributed by atoms with E-state index in [2.05, 4.69) is 32.9 Å². The Labute approximate surface area is 108 Å². The molecule has 2 aromatic rings. The van der Waals surface area contributed by atoms with E-state index in [1.54, 1.807) is 0 Å². The second-order valence-electron chi connectivity index (χ2n) is 4.91. The highest BCUT2D eigenvalue weighted by Crippen LogP contribution is 2.20. The lowest BCUT2D eigenvalue weighted by molar-refractivity contribution is 0.112. The van der Waals surface area contributed by atoms with Crippen molar-refractivity contribution >= 4 is 6.29 Å². The molecule has 0 aliphatic rings. The summed E-state index contributed by atoms with van der Waals surface area (Å²) in [6, 6.07) is 12.3. The fraction of sp³-hybridized carbons (Fsp3) is 0.235. The van der Waals surface area contributed by atoms with Crippen LogP contribution in [-0.4, -0.2) is 6.29 Å². The maximum absolute atomic E-state index is 10.6. The van der Waals surface area contributed by atoms with Gasteiger partial charge in [-0.15, -0.1) is 0 Å². The average Bonchev–Trinajstić information content (AvgIpc) is 2.34. The minimum absolute atomic E-state index is 0.733. The van der Waals surface area contributed by atoms with Crippen LogP contribution in [0.3, 0.4) is 0 Å². The number of hydrogen-bond acceptors (Lipinski definition) is 1. The van der Waals surface area contributed by atoms with Crippen LogP contribution in [-0.2, 0) is 6.42 Å². The summed E-state index contributed by atoms with van der Waals surface area (Å²) in [5.41, 5.74) is 7.36. The van der Waals surface area contributed by atoms with Gasteiger partial charge in [0.15, 0.2) is 0 Å². The van der Waals surface area contributed by atoms with Crippen LogP contribution in [0.25, 0.3) is 0 Å². The molecular weight excluding hydrogens is 220 g/mol. The lowest BCUT2D eigenvalue weighted by Crippen LogP contribution is -1.97. The molecule has 0 aliphatic carbocycles. The molecule has 0 atom stereocenters. The van der Waals surface area contributed by atoms with Crippen LogP contribution in [0.5, 0.6) is 0 Å². The van der Waals surface area contributed by atoms with Crippen molar-refractivity contribution in [2.24, 2.45) is 0 Å². The van der Waals surface area contributed by atoms with Crippen molar-refractivity contribution in [1.82, 2.24) is 0 Å². The van der Waals surface area contributed by atoms with Crippen LogP contribution >= 0.6 is 0 Å². The molecule has 2 aromatic carbocycles. The van der Waals surface area contributed by atoms with E-state index in [-0.39, 0.29) is 0 Å². The molecular formula is C17H18O. The van der Waals surface area contributed by atoms with Crippen molar-refractivity contribution in [1.29, 1.82) is 0 Å². The molecule has 0 aliphatic heterocycles. The first-order valence-corrected chi connectivity index (χ1v) is 6.21. The van der Waals surface area contributed by atoms with Gasteiger partial charge in [-0.1, -0.05) is 42.0 Å². The maximum atomic E-state index is 10.6. The van der Waals surface area contributed by atoms with Gasteiger partial charge in [0.1, 0.15) is 6.29 Å². The molecule has 0 bridgehead atoms. The number of hydrogen-bond donors (Lipinski definition) is 0. The quantitative estimate of drug-likeness (QED) is 0.738. The standard InChI is InChI=1S/C17H18O/c1-12-8-13(2)17(14(3)9-12)10-15-4-6-16(11-18)7-5-15/h4-9,11H,10H2,1-3H3. The minimum atomic E-state index is 0.733. The number of carbonyl (C=O) groups excluding carboxylic acids is 1. The number of aryl methyl sites for hydroxylation is 3. The van der Waals surface area contributed by atoms with Gasteiger partial charge in [-0.2, -0.15) is 0 Å². The summed E-state index contributed by atoms with van der Waals surface area (Å²) in [4.78, 5) is 10.6. The Morgan fingerprint density at radius 1 is 0.944 bits per heavy atom. The van der Waals surface area contributed by atoms with Gasteiger partial charge in [-0.25, -0.2) is 0 Å². The summed E-state index contributed by atoms with van der Waals surface area (Å²) in [6.45, 7) is 6.45. The van der Waals surface area contributed by atoms with Gasteiger partial charge in [0.05, 0.1) is 0 Å². The highest BCUT2D eigenvalue weighted by molar-refractivity contribution is 5.74. The van der Waals surface area contributed by atoms with Crippen LogP contribution < -0.4 is 0 Å². The molecule has 0 saturated heterocycles. The third kappa shape index (κ3) is 2.67. The topological polar surface area (TPSA) is 17.1 Å². The Balaban J connectivity index is 2.30. The van der Waals surface area contributed by atoms with Crippen molar-refractivity contribution in [2.75, 3.05) is 0 Å². The predicted molar refractivity (Wildman–Crippen MR) is 75.3 cm³/mol. The minimum Gasteiger partial charge on any atom is -0.298 e. The van der Waals surface area contributed by atoms with Gasteiger partial charge in [0.25, 0.3) is 0 Å². The van der Waals surface area contributed by atoms with Gasteiger partial charge in [-0.05, 0) is 49.4 Å². The highest BCUT2D eigenvalue weighted by atomic mass is 16.1. The van der Waals surface area contributed by atoms with E-state index in [1.807, 2.05) is 24.3 Å². The summed E-state index contributed by atoms with van der Waals surface area (Å²) in [6.07, 6.45) is 1.81. The zero-order valence-electron chi connectivity index (χ0n) is 11.2. The van der Waals surface area contributed by atoms with Crippen LogP contribution in [0.1, 0.15) is 38.2 Å². The molecule has 18 heavy (non-hydrogen) atoms. The van der Waals surface area contributed by atoms with Crippen molar-refractivity contribution in [2.45, 2.75) is 27.2 Å². The summed E-state index contributed by atoms with van der Waals surface area (Å²) in [5.74, 6) is 0. The molecule has 0 unspecified atom stereocenters. The molecule has 0 N–H and O–H groups in total. The van der Waals surface area contributed by atoms with Crippen molar-refractivity contribution in [3.8, 4) is 0 Å². The average molecular weight is 238 g/mol. The normalized spacial score (nSPS) is 10.4. The molecule has 0 fully saturated rings. The molecule has 0 heterocycles. The molecule has 1 nitrogen and oxygen atoms in total. The molecule has 92 valence electrons. The Hall–Kier alpha value is -1.89. The summed E-state index contributed by atoms with van der Waals surface area (Å²) in [7, 11) is 0. The highest BCUT2D eigenvalue weighted by Gasteiger charge is 2.05. The lowest BCUT2D eigenvalue weighted by Gasteiger charge is -2.11. The Kier molecular flexibility index (Phi) is 3.61. The summed E-state index contributed by atoms with van der Waals surface area (Å²) < 4.78 is 0. The smallest absolute Gasteiger partial charge is 0.150 e. The van der Waals surface area contributed by atoms with E-state index < -0.39 is 0 Å². The Bertz CT molecular complexity index is 542. The molecule has 0 saturated carbocycles. The zero-order chi connectivity index (χ0) is 13.1. The summed E-state index contributed by atoms with van der Waals surface area (Å²) in [5, 5.41) is 0. The third-order valence-corrected chi connectivity index (χ3v) is 3.34. The first-order chi connectivity index (χ1) is 8.60. The molecule has 2 rings (SSSR count). The van der Waals surface area contributed by atoms with E-state index >= 15 is 0 Å². The fourth-order valence-corrected chi connectivity index (χ4v) is 2.41. The molecule has 0 radical (unpaired) electrons. The van der Waals surface area contributed by atoms with Crippen LogP contribution in [0, 0.1) is 20.8 Å². The van der Waals surface area contributed by atoms with Gasteiger partial charge in [-0.3, -0.25) is 4.79 Å². The SMILES string of the molecule is Cc1cc(C)c(Cc2ccc(C=O)cc2)c(C)c1. The fourth-order valence-electron chi connectivity index (χ4n) is 2.41. The molecule has 0 spiro atoms. The van der Waals surface area contributed by atoms with Crippen molar-refractivity contribution < 1.29 is 4.79 Å². The van der Waals surface area contributed by atoms with Gasteiger partial charge in [0.2, 0.25) is 0 Å². The molecule has 1 heteroatoms. The van der Waals surface area contributed by atoms with Crippen LogP contribution in [0.15, 0.2) is 36.4 Å². The lowest BCUT2D eigenvalue weighted by atomic mass is 9.94. The van der Waals surface area contributed by atoms with E-state index in [0.717, 1.165) is 18.3 Å². The first kappa shape index (κ1) is 12.6.